The maximum absolute atomic E-state index is 9.50. The lowest BCUT2D eigenvalue weighted by atomic mass is 10.2. The summed E-state index contributed by atoms with van der Waals surface area (Å²) in [6, 6.07) is 0. The van der Waals surface area contributed by atoms with Gasteiger partial charge in [-0.15, -0.1) is 8.79 Å². The molecule has 1 N–H and O–H groups in total. The Balaban J connectivity index is 2.37. The molecule has 54 valence electrons. The summed E-state index contributed by atoms with van der Waals surface area (Å²) in [5, 5.41) is 9.50. The van der Waals surface area contributed by atoms with Gasteiger partial charge in [-0.25, -0.2) is 0 Å². The summed E-state index contributed by atoms with van der Waals surface area (Å²) in [4.78, 5) is 0. The van der Waals surface area contributed by atoms with Crippen molar-refractivity contribution in [3.63, 3.8) is 0 Å². The molecule has 2 unspecified atom stereocenters. The second kappa shape index (κ2) is 3.11. The fraction of sp³-hybridized carbons (Fsp3) is 1.00. The van der Waals surface area contributed by atoms with Crippen LogP contribution in [0.5, 0.6) is 0 Å². The summed E-state index contributed by atoms with van der Waals surface area (Å²) in [6.45, 7) is 0.748. The summed E-state index contributed by atoms with van der Waals surface area (Å²) in [5.41, 5.74) is -0.678. The molecule has 4 heteroatoms. The van der Waals surface area contributed by atoms with Crippen molar-refractivity contribution in [3.05, 3.63) is 0 Å². The van der Waals surface area contributed by atoms with Gasteiger partial charge in [0.1, 0.15) is 14.6 Å². The zero-order valence-electron chi connectivity index (χ0n) is 5.47. The van der Waals surface area contributed by atoms with E-state index >= 15 is 0 Å². The molecule has 2 nitrogen and oxygen atoms in total. The van der Waals surface area contributed by atoms with Crippen LogP contribution in [0.1, 0.15) is 19.3 Å². The summed E-state index contributed by atoms with van der Waals surface area (Å²) >= 11 is 0. The van der Waals surface area contributed by atoms with Crippen LogP contribution in [0.3, 0.4) is 0 Å². The second-order valence-corrected chi connectivity index (χ2v) is 5.19. The highest BCUT2D eigenvalue weighted by molar-refractivity contribution is 7.56. The molecule has 1 saturated heterocycles. The first-order valence-corrected chi connectivity index (χ1v) is 7.30. The Morgan fingerprint density at radius 1 is 1.56 bits per heavy atom. The minimum absolute atomic E-state index is 0.478. The monoisotopic (exact) mass is 164 g/mol. The van der Waals surface area contributed by atoms with Gasteiger partial charge in [0.2, 0.25) is 0 Å². The molecule has 9 heavy (non-hydrogen) atoms. The number of hydrogen-bond donors (Lipinski definition) is 1. The lowest BCUT2D eigenvalue weighted by molar-refractivity contribution is -0.162. The smallest absolute Gasteiger partial charge is 0.146 e. The molecule has 0 aromatic carbocycles. The van der Waals surface area contributed by atoms with Crippen molar-refractivity contribution in [1.82, 2.24) is 0 Å². The van der Waals surface area contributed by atoms with Crippen LogP contribution in [0.15, 0.2) is 0 Å². The lowest BCUT2D eigenvalue weighted by Gasteiger charge is -2.30. The first kappa shape index (κ1) is 7.67. The number of hydrogen-bond acceptors (Lipinski definition) is 2. The average molecular weight is 164 g/mol. The van der Waals surface area contributed by atoms with E-state index in [1.165, 1.54) is 0 Å². The van der Waals surface area contributed by atoms with E-state index in [9.17, 15) is 5.11 Å². The molecule has 0 saturated carbocycles. The first-order chi connectivity index (χ1) is 4.27. The zero-order valence-corrected chi connectivity index (χ0v) is 8.04. The Kier molecular flexibility index (Phi) is 2.65. The van der Waals surface area contributed by atoms with Gasteiger partial charge in [-0.1, -0.05) is 0 Å². The predicted molar refractivity (Wildman–Crippen MR) is 43.0 cm³/mol. The largest absolute Gasteiger partial charge is 0.369 e. The Bertz CT molecular complexity index is 93.0. The van der Waals surface area contributed by atoms with Gasteiger partial charge >= 0.3 is 0 Å². The van der Waals surface area contributed by atoms with E-state index in [4.69, 9.17) is 4.74 Å². The highest BCUT2D eigenvalue weighted by atomic mass is 31.3. The van der Waals surface area contributed by atoms with Gasteiger partial charge in [0.15, 0.2) is 0 Å². The van der Waals surface area contributed by atoms with Gasteiger partial charge in [-0.2, -0.15) is 0 Å². The number of aliphatic hydroxyl groups is 1. The van der Waals surface area contributed by atoms with Crippen LogP contribution >= 0.6 is 8.79 Å². The quantitative estimate of drug-likeness (QED) is 0.429. The third kappa shape index (κ3) is 2.01. The summed E-state index contributed by atoms with van der Waals surface area (Å²) in [5.74, 6) is 0. The van der Waals surface area contributed by atoms with Gasteiger partial charge in [-0.3, -0.25) is 0 Å². The fourth-order valence-electron chi connectivity index (χ4n) is 0.999. The molecule has 2 atom stereocenters. The maximum atomic E-state index is 9.50. The predicted octanol–water partition coefficient (Wildman–Crippen LogP) is -0.208. The molecule has 0 aromatic rings. The maximum Gasteiger partial charge on any atom is 0.146 e. The Labute approximate surface area is 59.9 Å². The van der Waals surface area contributed by atoms with Crippen molar-refractivity contribution < 1.29 is 9.84 Å². The molecule has 0 radical (unpaired) electrons. The lowest BCUT2D eigenvalue weighted by Crippen LogP contribution is -2.39. The van der Waals surface area contributed by atoms with Crippen molar-refractivity contribution in [2.24, 2.45) is 0 Å². The van der Waals surface area contributed by atoms with E-state index in [2.05, 4.69) is 8.79 Å². The molecule has 0 aromatic heterocycles. The van der Waals surface area contributed by atoms with E-state index in [0.717, 1.165) is 25.9 Å². The van der Waals surface area contributed by atoms with E-state index in [1.54, 1.807) is 0 Å². The molecule has 1 heterocycles. The van der Waals surface area contributed by atoms with Crippen molar-refractivity contribution in [2.75, 3.05) is 6.61 Å². The SMILES string of the molecule is OC1([SiH2]P)CCCCO1. The molecule has 1 aliphatic rings. The van der Waals surface area contributed by atoms with Crippen LogP contribution < -0.4 is 0 Å². The van der Waals surface area contributed by atoms with Crippen molar-refractivity contribution in [3.8, 4) is 0 Å². The summed E-state index contributed by atoms with van der Waals surface area (Å²) < 4.78 is 5.21. The minimum atomic E-state index is -0.678. The zero-order chi connectivity index (χ0) is 6.74. The topological polar surface area (TPSA) is 29.5 Å². The van der Waals surface area contributed by atoms with E-state index in [0.29, 0.717) is 0 Å². The number of rotatable bonds is 1. The second-order valence-electron chi connectivity index (χ2n) is 2.46. The molecule has 0 aliphatic carbocycles. The molecule has 0 spiro atoms. The van der Waals surface area contributed by atoms with Crippen LogP contribution in [-0.4, -0.2) is 26.3 Å². The standard InChI is InChI=1S/C5H13O2PSi/c6-5(9-8)3-1-2-4-7-5/h6H,1-4,8-9H2. The van der Waals surface area contributed by atoms with E-state index in [-0.39, 0.29) is 0 Å². The van der Waals surface area contributed by atoms with Gasteiger partial charge in [0.05, 0.1) is 0 Å². The molecular formula is C5H13O2PSi. The summed E-state index contributed by atoms with van der Waals surface area (Å²) in [7, 11) is 2.16. The van der Waals surface area contributed by atoms with E-state index in [1.807, 2.05) is 0 Å². The first-order valence-electron chi connectivity index (χ1n) is 3.33. The normalized spacial score (nSPS) is 38.0. The molecule has 0 amide bonds. The van der Waals surface area contributed by atoms with Crippen LogP contribution in [-0.2, 0) is 4.74 Å². The third-order valence-electron chi connectivity index (χ3n) is 1.65. The van der Waals surface area contributed by atoms with Crippen molar-refractivity contribution >= 4 is 18.0 Å². The van der Waals surface area contributed by atoms with Gasteiger partial charge in [0.25, 0.3) is 0 Å². The van der Waals surface area contributed by atoms with Crippen LogP contribution in [0.4, 0.5) is 0 Å². The van der Waals surface area contributed by atoms with E-state index < -0.39 is 14.6 Å². The summed E-state index contributed by atoms with van der Waals surface area (Å²) in [6.07, 6.45) is 3.09. The third-order valence-corrected chi connectivity index (χ3v) is 4.76. The van der Waals surface area contributed by atoms with Crippen LogP contribution in [0.2, 0.25) is 0 Å². The minimum Gasteiger partial charge on any atom is -0.369 e. The van der Waals surface area contributed by atoms with Gasteiger partial charge in [0, 0.05) is 6.61 Å². The average Bonchev–Trinajstić information content (AvgIpc) is 1.90. The molecule has 0 bridgehead atoms. The molecule has 1 rings (SSSR count). The molecule has 1 aliphatic heterocycles. The van der Waals surface area contributed by atoms with Gasteiger partial charge < -0.3 is 9.84 Å². The Morgan fingerprint density at radius 2 is 2.33 bits per heavy atom. The van der Waals surface area contributed by atoms with Crippen LogP contribution in [0, 0.1) is 0 Å². The number of ether oxygens (including phenoxy) is 1. The van der Waals surface area contributed by atoms with Gasteiger partial charge in [-0.05, 0) is 19.3 Å². The molecule has 1 fully saturated rings. The highest BCUT2D eigenvalue weighted by Gasteiger charge is 2.27. The van der Waals surface area contributed by atoms with Crippen molar-refractivity contribution in [1.29, 1.82) is 0 Å². The van der Waals surface area contributed by atoms with Crippen LogP contribution in [0.25, 0.3) is 0 Å². The molecular weight excluding hydrogens is 151 g/mol. The fourth-order valence-corrected chi connectivity index (χ4v) is 2.68. The highest BCUT2D eigenvalue weighted by Crippen LogP contribution is 2.21. The Morgan fingerprint density at radius 3 is 2.67 bits per heavy atom. The van der Waals surface area contributed by atoms with Crippen molar-refractivity contribution in [2.45, 2.75) is 24.7 Å². The Hall–Kier alpha value is 0.567.